The van der Waals surface area contributed by atoms with E-state index in [1.54, 1.807) is 24.4 Å². The van der Waals surface area contributed by atoms with Gasteiger partial charge in [-0.05, 0) is 47.9 Å². The number of nitrogens with one attached hydrogen (secondary N) is 1. The van der Waals surface area contributed by atoms with Crippen LogP contribution in [0.15, 0.2) is 47.6 Å². The normalized spacial score (nSPS) is 18.3. The number of hydrogen-bond donors (Lipinski definition) is 2. The molecule has 31 heavy (non-hydrogen) atoms. The number of carboxylic acid groups (broad SMARTS) is 1. The first kappa shape index (κ1) is 20.9. The molecule has 2 aromatic rings. The van der Waals surface area contributed by atoms with Crippen LogP contribution in [0.5, 0.6) is 5.75 Å². The van der Waals surface area contributed by atoms with Crippen LogP contribution in [0.4, 0.5) is 5.69 Å². The van der Waals surface area contributed by atoms with E-state index < -0.39 is 5.97 Å². The highest BCUT2D eigenvalue weighted by atomic mass is 16.5. The summed E-state index contributed by atoms with van der Waals surface area (Å²) in [6.45, 7) is 3.34. The van der Waals surface area contributed by atoms with E-state index in [4.69, 9.17) is 14.6 Å². The number of hydrogen-bond acceptors (Lipinski definition) is 6. The van der Waals surface area contributed by atoms with E-state index in [9.17, 15) is 9.59 Å². The van der Waals surface area contributed by atoms with Crippen molar-refractivity contribution < 1.29 is 24.2 Å². The van der Waals surface area contributed by atoms with Gasteiger partial charge in [0.05, 0.1) is 45.5 Å². The molecule has 4 rings (SSSR count). The molecule has 1 amide bonds. The molecular formula is C23H25N3O5. The highest BCUT2D eigenvalue weighted by Gasteiger charge is 2.23. The second kappa shape index (κ2) is 9.61. The molecule has 0 bridgehead atoms. The van der Waals surface area contributed by atoms with Crippen LogP contribution in [0.2, 0.25) is 0 Å². The van der Waals surface area contributed by atoms with E-state index in [0.717, 1.165) is 24.2 Å². The highest BCUT2D eigenvalue weighted by Crippen LogP contribution is 2.29. The van der Waals surface area contributed by atoms with Gasteiger partial charge in [0.1, 0.15) is 5.75 Å². The molecule has 1 saturated heterocycles. The number of fused-ring (bicyclic) bond motifs is 1. The van der Waals surface area contributed by atoms with Crippen molar-refractivity contribution in [1.29, 1.82) is 0 Å². The number of amides is 1. The van der Waals surface area contributed by atoms with Crippen molar-refractivity contribution in [3.8, 4) is 5.75 Å². The van der Waals surface area contributed by atoms with Crippen molar-refractivity contribution in [2.75, 3.05) is 38.2 Å². The summed E-state index contributed by atoms with van der Waals surface area (Å²) < 4.78 is 11.0. The lowest BCUT2D eigenvalue weighted by Crippen LogP contribution is -2.32. The van der Waals surface area contributed by atoms with Gasteiger partial charge in [-0.1, -0.05) is 12.1 Å². The molecule has 8 heteroatoms. The summed E-state index contributed by atoms with van der Waals surface area (Å²) in [5.41, 5.74) is 3.00. The Kier molecular flexibility index (Phi) is 6.47. The number of hydrazone groups is 1. The van der Waals surface area contributed by atoms with Crippen LogP contribution in [-0.4, -0.2) is 61.1 Å². The van der Waals surface area contributed by atoms with E-state index in [1.165, 1.54) is 0 Å². The van der Waals surface area contributed by atoms with Crippen molar-refractivity contribution in [2.45, 2.75) is 12.8 Å². The van der Waals surface area contributed by atoms with Crippen LogP contribution in [-0.2, 0) is 16.0 Å². The molecule has 8 nitrogen and oxygen atoms in total. The maximum atomic E-state index is 12.7. The Morgan fingerprint density at radius 2 is 1.94 bits per heavy atom. The lowest BCUT2D eigenvalue weighted by atomic mass is 9.93. The SMILES string of the molecule is O=C(O)CC1COc2ccc(C(=O)Nc3ccc(C=NN4CCOCC4)cc3)cc2C1. The minimum Gasteiger partial charge on any atom is -0.493 e. The van der Waals surface area contributed by atoms with Gasteiger partial charge >= 0.3 is 5.97 Å². The van der Waals surface area contributed by atoms with Gasteiger partial charge in [0, 0.05) is 17.2 Å². The highest BCUT2D eigenvalue weighted by molar-refractivity contribution is 6.04. The number of morpholine rings is 1. The number of anilines is 1. The van der Waals surface area contributed by atoms with Gasteiger partial charge in [0.15, 0.2) is 0 Å². The first-order valence-corrected chi connectivity index (χ1v) is 10.3. The molecule has 162 valence electrons. The van der Waals surface area contributed by atoms with Gasteiger partial charge in [0.25, 0.3) is 5.91 Å². The Morgan fingerprint density at radius 3 is 2.68 bits per heavy atom. The summed E-state index contributed by atoms with van der Waals surface area (Å²) in [5, 5.41) is 18.3. The zero-order chi connectivity index (χ0) is 21.6. The maximum Gasteiger partial charge on any atom is 0.303 e. The molecule has 0 spiro atoms. The van der Waals surface area contributed by atoms with Crippen LogP contribution in [0.1, 0.15) is 27.9 Å². The van der Waals surface area contributed by atoms with Crippen molar-refractivity contribution in [3.05, 3.63) is 59.2 Å². The lowest BCUT2D eigenvalue weighted by molar-refractivity contribution is -0.138. The predicted molar refractivity (Wildman–Crippen MR) is 116 cm³/mol. The number of carbonyl (C=O) groups is 2. The van der Waals surface area contributed by atoms with Crippen molar-refractivity contribution in [1.82, 2.24) is 5.01 Å². The minimum atomic E-state index is -0.843. The summed E-state index contributed by atoms with van der Waals surface area (Å²) in [4.78, 5) is 23.7. The number of carbonyl (C=O) groups excluding carboxylic acids is 1. The van der Waals surface area contributed by atoms with Crippen LogP contribution < -0.4 is 10.1 Å². The number of carboxylic acids is 1. The fourth-order valence-corrected chi connectivity index (χ4v) is 3.65. The number of nitrogens with zero attached hydrogens (tertiary/aromatic N) is 2. The molecule has 2 aliphatic rings. The predicted octanol–water partition coefficient (Wildman–Crippen LogP) is 2.63. The van der Waals surface area contributed by atoms with Crippen LogP contribution in [0, 0.1) is 5.92 Å². The quantitative estimate of drug-likeness (QED) is 0.693. The molecule has 0 aromatic heterocycles. The maximum absolute atomic E-state index is 12.7. The summed E-state index contributed by atoms with van der Waals surface area (Å²) in [5.74, 6) is -0.445. The molecule has 1 atom stereocenters. The molecule has 2 aliphatic heterocycles. The number of aliphatic carboxylic acids is 1. The van der Waals surface area contributed by atoms with E-state index in [1.807, 2.05) is 29.3 Å². The summed E-state index contributed by atoms with van der Waals surface area (Å²) in [7, 11) is 0. The Labute approximate surface area is 180 Å². The van der Waals surface area contributed by atoms with Crippen molar-refractivity contribution in [3.63, 3.8) is 0 Å². The second-order valence-corrected chi connectivity index (χ2v) is 7.69. The van der Waals surface area contributed by atoms with E-state index >= 15 is 0 Å². The van der Waals surface area contributed by atoms with Crippen LogP contribution in [0.25, 0.3) is 0 Å². The van der Waals surface area contributed by atoms with E-state index in [-0.39, 0.29) is 18.2 Å². The van der Waals surface area contributed by atoms with Crippen LogP contribution >= 0.6 is 0 Å². The number of benzene rings is 2. The summed E-state index contributed by atoms with van der Waals surface area (Å²) >= 11 is 0. The fraction of sp³-hybridized carbons (Fsp3) is 0.348. The van der Waals surface area contributed by atoms with Gasteiger partial charge in [-0.15, -0.1) is 0 Å². The third-order valence-electron chi connectivity index (χ3n) is 5.30. The second-order valence-electron chi connectivity index (χ2n) is 7.69. The zero-order valence-corrected chi connectivity index (χ0v) is 17.1. The first-order valence-electron chi connectivity index (χ1n) is 10.3. The van der Waals surface area contributed by atoms with Crippen LogP contribution in [0.3, 0.4) is 0 Å². The molecular weight excluding hydrogens is 398 g/mol. The van der Waals surface area contributed by atoms with Gasteiger partial charge < -0.3 is 19.9 Å². The van der Waals surface area contributed by atoms with Crippen molar-refractivity contribution >= 4 is 23.8 Å². The lowest BCUT2D eigenvalue weighted by Gasteiger charge is -2.24. The average molecular weight is 423 g/mol. The Morgan fingerprint density at radius 1 is 1.16 bits per heavy atom. The van der Waals surface area contributed by atoms with Gasteiger partial charge in [-0.2, -0.15) is 5.10 Å². The fourth-order valence-electron chi connectivity index (χ4n) is 3.65. The van der Waals surface area contributed by atoms with Gasteiger partial charge in [0.2, 0.25) is 0 Å². The zero-order valence-electron chi connectivity index (χ0n) is 17.1. The standard InChI is InChI=1S/C23H25N3O5/c27-22(28)12-17-11-19-13-18(3-6-21(19)31-15-17)23(29)25-20-4-1-16(2-5-20)14-24-26-7-9-30-10-8-26/h1-6,13-14,17H,7-12,15H2,(H,25,29)(H,27,28). The Hall–Kier alpha value is -3.39. The topological polar surface area (TPSA) is 100 Å². The molecule has 0 saturated carbocycles. The van der Waals surface area contributed by atoms with Crippen molar-refractivity contribution in [2.24, 2.45) is 11.0 Å². The van der Waals surface area contributed by atoms with E-state index in [2.05, 4.69) is 10.4 Å². The van der Waals surface area contributed by atoms with E-state index in [0.29, 0.717) is 43.2 Å². The monoisotopic (exact) mass is 423 g/mol. The smallest absolute Gasteiger partial charge is 0.303 e. The first-order chi connectivity index (χ1) is 15.1. The molecule has 0 aliphatic carbocycles. The third kappa shape index (κ3) is 5.61. The molecule has 2 heterocycles. The number of ether oxygens (including phenoxy) is 2. The Bertz CT molecular complexity index is 968. The number of rotatable bonds is 6. The molecule has 1 unspecified atom stereocenters. The molecule has 2 aromatic carbocycles. The Balaban J connectivity index is 1.37. The minimum absolute atomic E-state index is 0.0526. The molecule has 2 N–H and O–H groups in total. The van der Waals surface area contributed by atoms with Gasteiger partial charge in [-0.25, -0.2) is 0 Å². The molecule has 1 fully saturated rings. The summed E-state index contributed by atoms with van der Waals surface area (Å²) in [6.07, 6.45) is 2.44. The largest absolute Gasteiger partial charge is 0.493 e. The van der Waals surface area contributed by atoms with Gasteiger partial charge in [-0.3, -0.25) is 14.6 Å². The average Bonchev–Trinajstić information content (AvgIpc) is 2.78. The molecule has 0 radical (unpaired) electrons. The summed E-state index contributed by atoms with van der Waals surface area (Å²) in [6, 6.07) is 12.7. The third-order valence-corrected chi connectivity index (χ3v) is 5.30.